The van der Waals surface area contributed by atoms with Crippen molar-refractivity contribution in [2.45, 2.75) is 40.5 Å². The molecule has 0 radical (unpaired) electrons. The van der Waals surface area contributed by atoms with E-state index in [1.165, 1.54) is 37.4 Å². The monoisotopic (exact) mass is 601 g/mol. The molecule has 0 atom stereocenters. The number of nitrogens with zero attached hydrogens (tertiary/aromatic N) is 3. The van der Waals surface area contributed by atoms with Crippen LogP contribution in [-0.4, -0.2) is 29.5 Å². The van der Waals surface area contributed by atoms with Crippen LogP contribution in [0.4, 0.5) is 30.5 Å². The van der Waals surface area contributed by atoms with Gasteiger partial charge in [0.1, 0.15) is 23.1 Å². The van der Waals surface area contributed by atoms with Gasteiger partial charge in [0.2, 0.25) is 5.95 Å². The van der Waals surface area contributed by atoms with Gasteiger partial charge in [-0.2, -0.15) is 0 Å². The molecule has 2 N–H and O–H groups in total. The summed E-state index contributed by atoms with van der Waals surface area (Å²) < 4.78 is 41.9. The van der Waals surface area contributed by atoms with Gasteiger partial charge in [-0.05, 0) is 61.4 Å². The molecule has 0 spiro atoms. The third kappa shape index (κ3) is 8.34. The number of para-hydroxylation sites is 1. The van der Waals surface area contributed by atoms with E-state index in [-0.39, 0.29) is 5.82 Å². The van der Waals surface area contributed by atoms with Crippen molar-refractivity contribution in [1.82, 2.24) is 9.97 Å². The molecule has 1 amide bonds. The largest absolute Gasteiger partial charge is 0.356 e. The molecule has 44 heavy (non-hydrogen) atoms. The molecule has 1 heterocycles. The van der Waals surface area contributed by atoms with E-state index >= 15 is 0 Å². The predicted octanol–water partition coefficient (Wildman–Crippen LogP) is 8.87. The molecule has 6 nitrogen and oxygen atoms in total. The van der Waals surface area contributed by atoms with E-state index < -0.39 is 23.2 Å². The number of hydrogen-bond donors (Lipinski definition) is 2. The summed E-state index contributed by atoms with van der Waals surface area (Å²) in [5, 5.41) is 6.44. The highest BCUT2D eigenvalue weighted by molar-refractivity contribution is 6.04. The third-order valence-corrected chi connectivity index (χ3v) is 6.69. The van der Waals surface area contributed by atoms with Gasteiger partial charge in [-0.1, -0.05) is 58.0 Å². The Labute approximate surface area is 257 Å². The van der Waals surface area contributed by atoms with Gasteiger partial charge in [0, 0.05) is 53.9 Å². The highest BCUT2D eigenvalue weighted by Crippen LogP contribution is 2.32. The molecule has 0 bridgehead atoms. The molecular weight excluding hydrogens is 563 g/mol. The lowest BCUT2D eigenvalue weighted by Crippen LogP contribution is -2.26. The number of aromatic nitrogens is 2. The van der Waals surface area contributed by atoms with E-state index in [0.29, 0.717) is 35.1 Å². The summed E-state index contributed by atoms with van der Waals surface area (Å²) in [7, 11) is 1.31. The summed E-state index contributed by atoms with van der Waals surface area (Å²) in [5.41, 5.74) is 4.40. The number of benzene rings is 3. The number of amides is 1. The van der Waals surface area contributed by atoms with Gasteiger partial charge in [-0.15, -0.1) is 0 Å². The number of halogens is 3. The van der Waals surface area contributed by atoms with E-state index in [1.54, 1.807) is 18.3 Å². The molecule has 0 fully saturated rings. The Morgan fingerprint density at radius 3 is 2.32 bits per heavy atom. The van der Waals surface area contributed by atoms with Crippen molar-refractivity contribution >= 4 is 35.0 Å². The van der Waals surface area contributed by atoms with Gasteiger partial charge in [0.05, 0.1) is 5.69 Å². The molecule has 0 aliphatic carbocycles. The van der Waals surface area contributed by atoms with E-state index in [0.717, 1.165) is 46.6 Å². The molecule has 4 aromatic rings. The van der Waals surface area contributed by atoms with Crippen LogP contribution in [0.5, 0.6) is 0 Å². The van der Waals surface area contributed by atoms with Crippen LogP contribution >= 0.6 is 0 Å². The number of rotatable bonds is 11. The van der Waals surface area contributed by atoms with Gasteiger partial charge in [0.25, 0.3) is 5.91 Å². The van der Waals surface area contributed by atoms with Gasteiger partial charge in [-0.3, -0.25) is 4.79 Å². The van der Waals surface area contributed by atoms with Crippen molar-refractivity contribution in [1.29, 1.82) is 0 Å². The average Bonchev–Trinajstić information content (AvgIpc) is 3.02. The minimum atomic E-state index is -0.840. The predicted molar refractivity (Wildman–Crippen MR) is 175 cm³/mol. The Hall–Kier alpha value is -4.92. The molecule has 0 saturated heterocycles. The fourth-order valence-corrected chi connectivity index (χ4v) is 4.38. The first kappa shape index (κ1) is 33.6. The van der Waals surface area contributed by atoms with E-state index in [4.69, 9.17) is 4.98 Å². The smallest absolute Gasteiger partial charge is 0.250 e. The standard InChI is InChI=1S/C33H32F3N5O.C2H6/c1-5-6-19-37-33-38-20-23(13-18-30(42)41(4)32-28(35)11-8-12-29(32)36)31(40-33)27-10-7-9-26(21(27)2)22(3)39-25-16-14-24(34)15-17-25;1-2/h7-18,20,39H,3,5-6,19H2,1-2,4H3,(H,37,38,40);1-2H3/b18-13-;. The topological polar surface area (TPSA) is 70.1 Å². The maximum atomic E-state index is 14.3. The minimum absolute atomic E-state index is 0.333. The maximum absolute atomic E-state index is 14.3. The summed E-state index contributed by atoms with van der Waals surface area (Å²) in [6.45, 7) is 12.9. The highest BCUT2D eigenvalue weighted by atomic mass is 19.1. The van der Waals surface area contributed by atoms with Crippen LogP contribution in [0.25, 0.3) is 23.0 Å². The number of likely N-dealkylation sites (N-methyl/N-ethyl adjacent to an activating group) is 1. The lowest BCUT2D eigenvalue weighted by Gasteiger charge is -2.17. The summed E-state index contributed by atoms with van der Waals surface area (Å²) >= 11 is 0. The first-order valence-corrected chi connectivity index (χ1v) is 14.5. The van der Waals surface area contributed by atoms with Crippen molar-refractivity contribution < 1.29 is 18.0 Å². The minimum Gasteiger partial charge on any atom is -0.356 e. The second kappa shape index (κ2) is 16.1. The Morgan fingerprint density at radius 1 is 1.00 bits per heavy atom. The van der Waals surface area contributed by atoms with Crippen LogP contribution < -0.4 is 15.5 Å². The van der Waals surface area contributed by atoms with Gasteiger partial charge >= 0.3 is 0 Å². The zero-order chi connectivity index (χ0) is 32.2. The number of hydrogen-bond acceptors (Lipinski definition) is 5. The lowest BCUT2D eigenvalue weighted by atomic mass is 9.96. The molecular formula is C35H38F3N5O. The number of anilines is 3. The molecule has 230 valence electrons. The van der Waals surface area contributed by atoms with E-state index in [9.17, 15) is 18.0 Å². The number of carbonyl (C=O) groups excluding carboxylic acids is 1. The number of nitrogens with one attached hydrogen (secondary N) is 2. The molecule has 0 aliphatic heterocycles. The first-order valence-electron chi connectivity index (χ1n) is 14.5. The van der Waals surface area contributed by atoms with Crippen LogP contribution in [0, 0.1) is 24.4 Å². The van der Waals surface area contributed by atoms with Crippen molar-refractivity contribution in [3.8, 4) is 11.3 Å². The third-order valence-electron chi connectivity index (χ3n) is 6.69. The Balaban J connectivity index is 0.00000259. The zero-order valence-electron chi connectivity index (χ0n) is 25.7. The van der Waals surface area contributed by atoms with Crippen LogP contribution in [0.15, 0.2) is 79.5 Å². The Morgan fingerprint density at radius 2 is 1.66 bits per heavy atom. The van der Waals surface area contributed by atoms with E-state index in [1.807, 2.05) is 39.0 Å². The number of carbonyl (C=O) groups is 1. The Kier molecular flexibility index (Phi) is 12.3. The summed E-state index contributed by atoms with van der Waals surface area (Å²) in [6.07, 6.45) is 6.30. The normalized spacial score (nSPS) is 10.6. The molecule has 0 aliphatic rings. The van der Waals surface area contributed by atoms with Crippen molar-refractivity contribution in [2.24, 2.45) is 0 Å². The first-order chi connectivity index (χ1) is 21.2. The molecule has 9 heteroatoms. The van der Waals surface area contributed by atoms with Gasteiger partial charge in [0.15, 0.2) is 0 Å². The molecule has 3 aromatic carbocycles. The summed E-state index contributed by atoms with van der Waals surface area (Å²) in [4.78, 5) is 23.0. The quantitative estimate of drug-likeness (QED) is 0.133. The second-order valence-electron chi connectivity index (χ2n) is 9.67. The maximum Gasteiger partial charge on any atom is 0.250 e. The SMILES string of the molecule is C=C(Nc1ccc(F)cc1)c1cccc(-c2nc(NCCCC)ncc2/C=C\C(=O)N(C)c2c(F)cccc2F)c1C.CC. The number of unbranched alkanes of at least 4 members (excludes halogenated alkanes) is 1. The van der Waals surface area contributed by atoms with Crippen molar-refractivity contribution in [3.05, 3.63) is 114 Å². The molecule has 1 aromatic heterocycles. The summed E-state index contributed by atoms with van der Waals surface area (Å²) in [6, 6.07) is 15.1. The fraction of sp³-hybridized carbons (Fsp3) is 0.229. The van der Waals surface area contributed by atoms with E-state index in [2.05, 4.69) is 29.1 Å². The van der Waals surface area contributed by atoms with Crippen LogP contribution in [0.3, 0.4) is 0 Å². The van der Waals surface area contributed by atoms with Gasteiger partial charge < -0.3 is 15.5 Å². The molecule has 0 unspecified atom stereocenters. The van der Waals surface area contributed by atoms with Crippen LogP contribution in [0.2, 0.25) is 0 Å². The fourth-order valence-electron chi connectivity index (χ4n) is 4.38. The second-order valence-corrected chi connectivity index (χ2v) is 9.67. The zero-order valence-corrected chi connectivity index (χ0v) is 25.7. The lowest BCUT2D eigenvalue weighted by molar-refractivity contribution is -0.113. The average molecular weight is 602 g/mol. The molecule has 4 rings (SSSR count). The molecule has 0 saturated carbocycles. The highest BCUT2D eigenvalue weighted by Gasteiger charge is 2.18. The van der Waals surface area contributed by atoms with Crippen LogP contribution in [-0.2, 0) is 4.79 Å². The Bertz CT molecular complexity index is 1600. The van der Waals surface area contributed by atoms with Crippen molar-refractivity contribution in [2.75, 3.05) is 29.1 Å². The van der Waals surface area contributed by atoms with Crippen LogP contribution in [0.1, 0.15) is 50.3 Å². The summed E-state index contributed by atoms with van der Waals surface area (Å²) in [5.74, 6) is -2.21. The van der Waals surface area contributed by atoms with Gasteiger partial charge in [-0.25, -0.2) is 23.1 Å². The van der Waals surface area contributed by atoms with Crippen molar-refractivity contribution in [3.63, 3.8) is 0 Å².